The molecule has 0 heterocycles. The fourth-order valence-corrected chi connectivity index (χ4v) is 2.64. The maximum atomic E-state index is 5.64. The van der Waals surface area contributed by atoms with Gasteiger partial charge in [-0.25, -0.2) is 0 Å². The van der Waals surface area contributed by atoms with E-state index in [9.17, 15) is 0 Å². The number of hydrogen-bond acceptors (Lipinski definition) is 2. The minimum atomic E-state index is 0.847. The molecule has 0 spiro atoms. The molecule has 0 saturated heterocycles. The van der Waals surface area contributed by atoms with Crippen LogP contribution < -0.4 is 5.73 Å². The van der Waals surface area contributed by atoms with Gasteiger partial charge in [-0.1, -0.05) is 6.92 Å². The van der Waals surface area contributed by atoms with Crippen molar-refractivity contribution in [3.05, 3.63) is 21.8 Å². The van der Waals surface area contributed by atoms with E-state index in [1.807, 2.05) is 23.9 Å². The van der Waals surface area contributed by atoms with Crippen LogP contribution in [0.4, 0.5) is 5.69 Å². The van der Waals surface area contributed by atoms with E-state index >= 15 is 0 Å². The molecular weight excluding hydrogens is 281 g/mol. The third-order valence-electron chi connectivity index (χ3n) is 1.42. The van der Waals surface area contributed by atoms with Gasteiger partial charge in [0.1, 0.15) is 0 Å². The molecule has 0 aliphatic heterocycles. The van der Waals surface area contributed by atoms with Crippen LogP contribution in [-0.2, 0) is 0 Å². The summed E-state index contributed by atoms with van der Waals surface area (Å²) in [6.07, 6.45) is 1.21. The highest BCUT2D eigenvalue weighted by molar-refractivity contribution is 14.1. The molecule has 1 aromatic rings. The maximum Gasteiger partial charge on any atom is 0.0325 e. The lowest BCUT2D eigenvalue weighted by molar-refractivity contribution is 1.10. The first-order chi connectivity index (χ1) is 5.74. The van der Waals surface area contributed by atoms with Crippen molar-refractivity contribution in [2.24, 2.45) is 0 Å². The zero-order valence-corrected chi connectivity index (χ0v) is 9.98. The van der Waals surface area contributed by atoms with E-state index < -0.39 is 0 Å². The molecule has 0 fully saturated rings. The van der Waals surface area contributed by atoms with Gasteiger partial charge >= 0.3 is 0 Å². The molecule has 0 saturated carbocycles. The Hall–Kier alpha value is 0.100. The molecule has 0 bridgehead atoms. The van der Waals surface area contributed by atoms with Crippen LogP contribution in [-0.4, -0.2) is 5.75 Å². The van der Waals surface area contributed by atoms with Crippen LogP contribution >= 0.6 is 34.4 Å². The van der Waals surface area contributed by atoms with Gasteiger partial charge in [0.25, 0.3) is 0 Å². The Morgan fingerprint density at radius 2 is 2.25 bits per heavy atom. The van der Waals surface area contributed by atoms with E-state index in [1.165, 1.54) is 20.6 Å². The van der Waals surface area contributed by atoms with Gasteiger partial charge in [-0.3, -0.25) is 0 Å². The van der Waals surface area contributed by atoms with E-state index in [1.54, 1.807) is 0 Å². The van der Waals surface area contributed by atoms with E-state index in [4.69, 9.17) is 5.73 Å². The number of anilines is 1. The molecule has 12 heavy (non-hydrogen) atoms. The van der Waals surface area contributed by atoms with Crippen LogP contribution in [0.15, 0.2) is 23.1 Å². The van der Waals surface area contributed by atoms with E-state index in [0.29, 0.717) is 0 Å². The van der Waals surface area contributed by atoms with Crippen LogP contribution in [0.3, 0.4) is 0 Å². The second kappa shape index (κ2) is 4.97. The lowest BCUT2D eigenvalue weighted by atomic mass is 10.3. The summed E-state index contributed by atoms with van der Waals surface area (Å²) >= 11 is 4.22. The Labute approximate surface area is 91.3 Å². The lowest BCUT2D eigenvalue weighted by Gasteiger charge is -2.03. The van der Waals surface area contributed by atoms with Crippen LogP contribution in [0, 0.1) is 3.57 Å². The first-order valence-corrected chi connectivity index (χ1v) is 5.98. The zero-order chi connectivity index (χ0) is 8.97. The van der Waals surface area contributed by atoms with Gasteiger partial charge in [-0.15, -0.1) is 11.8 Å². The molecule has 0 aromatic heterocycles. The maximum absolute atomic E-state index is 5.64. The third kappa shape index (κ3) is 2.86. The summed E-state index contributed by atoms with van der Waals surface area (Å²) in [5.41, 5.74) is 6.49. The summed E-state index contributed by atoms with van der Waals surface area (Å²) in [5.74, 6) is 1.18. The normalized spacial score (nSPS) is 10.2. The Kier molecular flexibility index (Phi) is 4.21. The molecule has 3 heteroatoms. The summed E-state index contributed by atoms with van der Waals surface area (Å²) < 4.78 is 1.26. The fourth-order valence-electron chi connectivity index (χ4n) is 0.846. The Balaban J connectivity index is 2.72. The largest absolute Gasteiger partial charge is 0.399 e. The smallest absolute Gasteiger partial charge is 0.0325 e. The summed E-state index contributed by atoms with van der Waals surface area (Å²) in [4.78, 5) is 1.34. The highest BCUT2D eigenvalue weighted by Crippen LogP contribution is 2.26. The predicted molar refractivity (Wildman–Crippen MR) is 64.6 cm³/mol. The van der Waals surface area contributed by atoms with Crippen LogP contribution in [0.1, 0.15) is 13.3 Å². The first kappa shape index (κ1) is 10.2. The molecule has 0 unspecified atom stereocenters. The number of nitrogens with two attached hydrogens (primary N) is 1. The average molecular weight is 293 g/mol. The average Bonchev–Trinajstić information content (AvgIpc) is 2.03. The van der Waals surface area contributed by atoms with Gasteiger partial charge in [-0.05, 0) is 53.0 Å². The Bertz CT molecular complexity index is 263. The number of benzene rings is 1. The zero-order valence-electron chi connectivity index (χ0n) is 7.01. The van der Waals surface area contributed by atoms with Crippen LogP contribution in [0.5, 0.6) is 0 Å². The van der Waals surface area contributed by atoms with Crippen molar-refractivity contribution in [2.75, 3.05) is 11.5 Å². The molecular formula is C9H12INS. The second-order valence-corrected chi connectivity index (χ2v) is 4.84. The van der Waals surface area contributed by atoms with Crippen molar-refractivity contribution in [1.29, 1.82) is 0 Å². The monoisotopic (exact) mass is 293 g/mol. The van der Waals surface area contributed by atoms with Crippen LogP contribution in [0.2, 0.25) is 0 Å². The fraction of sp³-hybridized carbons (Fsp3) is 0.333. The van der Waals surface area contributed by atoms with Crippen molar-refractivity contribution in [2.45, 2.75) is 18.2 Å². The highest BCUT2D eigenvalue weighted by Gasteiger charge is 1.99. The third-order valence-corrected chi connectivity index (χ3v) is 3.96. The minimum absolute atomic E-state index is 0.847. The van der Waals surface area contributed by atoms with Crippen molar-refractivity contribution in [3.8, 4) is 0 Å². The molecule has 0 radical (unpaired) electrons. The Morgan fingerprint density at radius 3 is 2.83 bits per heavy atom. The number of thioether (sulfide) groups is 1. The van der Waals surface area contributed by atoms with Crippen molar-refractivity contribution in [1.82, 2.24) is 0 Å². The molecule has 66 valence electrons. The van der Waals surface area contributed by atoms with Gasteiger partial charge < -0.3 is 5.73 Å². The van der Waals surface area contributed by atoms with E-state index in [0.717, 1.165) is 5.69 Å². The number of nitrogen functional groups attached to an aromatic ring is 1. The molecule has 0 aliphatic rings. The Morgan fingerprint density at radius 1 is 1.50 bits per heavy atom. The standard InChI is InChI=1S/C9H12INS/c1-2-5-12-9-4-3-7(11)6-8(9)10/h3-4,6H,2,5,11H2,1H3. The predicted octanol–water partition coefficient (Wildman–Crippen LogP) is 3.38. The van der Waals surface area contributed by atoms with E-state index in [-0.39, 0.29) is 0 Å². The van der Waals surface area contributed by atoms with Gasteiger partial charge in [0.15, 0.2) is 0 Å². The number of hydrogen-bond donors (Lipinski definition) is 1. The number of halogens is 1. The van der Waals surface area contributed by atoms with Gasteiger partial charge in [0.05, 0.1) is 0 Å². The van der Waals surface area contributed by atoms with Gasteiger partial charge in [0.2, 0.25) is 0 Å². The van der Waals surface area contributed by atoms with Crippen molar-refractivity contribution >= 4 is 40.0 Å². The minimum Gasteiger partial charge on any atom is -0.399 e. The van der Waals surface area contributed by atoms with Crippen LogP contribution in [0.25, 0.3) is 0 Å². The molecule has 2 N–H and O–H groups in total. The molecule has 1 nitrogen and oxygen atoms in total. The SMILES string of the molecule is CCCSc1ccc(N)cc1I. The number of rotatable bonds is 3. The second-order valence-electron chi connectivity index (χ2n) is 2.54. The summed E-state index contributed by atoms with van der Waals surface area (Å²) in [7, 11) is 0. The summed E-state index contributed by atoms with van der Waals surface area (Å²) in [6.45, 7) is 2.19. The van der Waals surface area contributed by atoms with E-state index in [2.05, 4.69) is 35.6 Å². The summed E-state index contributed by atoms with van der Waals surface area (Å²) in [5, 5.41) is 0. The first-order valence-electron chi connectivity index (χ1n) is 3.92. The highest BCUT2D eigenvalue weighted by atomic mass is 127. The molecule has 0 amide bonds. The van der Waals surface area contributed by atoms with Gasteiger partial charge in [0, 0.05) is 14.2 Å². The van der Waals surface area contributed by atoms with Gasteiger partial charge in [-0.2, -0.15) is 0 Å². The lowest BCUT2D eigenvalue weighted by Crippen LogP contribution is -1.87. The molecule has 0 atom stereocenters. The quantitative estimate of drug-likeness (QED) is 0.525. The molecule has 1 rings (SSSR count). The molecule has 0 aliphatic carbocycles. The van der Waals surface area contributed by atoms with Crippen molar-refractivity contribution < 1.29 is 0 Å². The van der Waals surface area contributed by atoms with Crippen molar-refractivity contribution in [3.63, 3.8) is 0 Å². The summed E-state index contributed by atoms with van der Waals surface area (Å²) in [6, 6.07) is 6.07. The molecule has 1 aromatic carbocycles. The topological polar surface area (TPSA) is 26.0 Å².